The lowest BCUT2D eigenvalue weighted by molar-refractivity contribution is 0.0696. The highest BCUT2D eigenvalue weighted by molar-refractivity contribution is 7.91. The van der Waals surface area contributed by atoms with Crippen LogP contribution < -0.4 is 0 Å². The van der Waals surface area contributed by atoms with Crippen molar-refractivity contribution in [3.05, 3.63) is 29.3 Å². The average molecular weight is 288 g/mol. The molecular weight excluding hydrogens is 278 g/mol. The highest BCUT2D eigenvalue weighted by atomic mass is 32.2. The van der Waals surface area contributed by atoms with E-state index in [0.717, 1.165) is 0 Å². The molecule has 0 aliphatic rings. The summed E-state index contributed by atoms with van der Waals surface area (Å²) < 4.78 is 50.2. The molecule has 0 radical (unpaired) electrons. The normalized spacial score (nSPS) is 10.7. The highest BCUT2D eigenvalue weighted by Crippen LogP contribution is 2.21. The minimum absolute atomic E-state index is 0.0445. The van der Waals surface area contributed by atoms with Gasteiger partial charge in [0, 0.05) is 6.42 Å². The Morgan fingerprint density at radius 1 is 1.37 bits per heavy atom. The summed E-state index contributed by atoms with van der Waals surface area (Å²) in [5.41, 5.74) is -0.626. The van der Waals surface area contributed by atoms with Gasteiger partial charge in [-0.1, -0.05) is 0 Å². The second-order valence-corrected chi connectivity index (χ2v) is 5.65. The smallest absolute Gasteiger partial charge is 0.335 e. The van der Waals surface area contributed by atoms with Gasteiger partial charge in [-0.2, -0.15) is 0 Å². The molecule has 1 rings (SSSR count). The molecule has 0 fully saturated rings. The molecule has 1 N–H and O–H groups in total. The largest absolute Gasteiger partial charge is 0.478 e. The van der Waals surface area contributed by atoms with Gasteiger partial charge in [0.15, 0.2) is 21.5 Å². The maximum atomic E-state index is 13.5. The number of rotatable bonds is 4. The van der Waals surface area contributed by atoms with E-state index >= 15 is 0 Å². The Bertz CT molecular complexity index is 669. The van der Waals surface area contributed by atoms with Crippen LogP contribution in [0.3, 0.4) is 0 Å². The van der Waals surface area contributed by atoms with Crippen LogP contribution in [0.5, 0.6) is 0 Å². The maximum Gasteiger partial charge on any atom is 0.335 e. The second kappa shape index (κ2) is 5.80. The minimum Gasteiger partial charge on any atom is -0.478 e. The van der Waals surface area contributed by atoms with Crippen molar-refractivity contribution in [2.75, 3.05) is 5.75 Å². The third-order valence-electron chi connectivity index (χ3n) is 2.25. The van der Waals surface area contributed by atoms with E-state index in [4.69, 9.17) is 5.11 Å². The summed E-state index contributed by atoms with van der Waals surface area (Å²) in [7, 11) is -4.12. The number of aromatic carboxylic acids is 1. The molecular formula is C12H10F2O4S. The van der Waals surface area contributed by atoms with Gasteiger partial charge in [0.05, 0.1) is 11.3 Å². The van der Waals surface area contributed by atoms with E-state index in [1.807, 2.05) is 0 Å². The number of halogens is 2. The molecule has 0 saturated heterocycles. The van der Waals surface area contributed by atoms with Crippen LogP contribution in [0, 0.1) is 23.5 Å². The number of carboxylic acid groups (broad SMARTS) is 1. The Morgan fingerprint density at radius 2 is 2.00 bits per heavy atom. The van der Waals surface area contributed by atoms with Gasteiger partial charge in [0.1, 0.15) is 4.90 Å². The summed E-state index contributed by atoms with van der Waals surface area (Å²) in [6.07, 6.45) is -0.0445. The highest BCUT2D eigenvalue weighted by Gasteiger charge is 2.24. The zero-order chi connectivity index (χ0) is 14.6. The monoisotopic (exact) mass is 288 g/mol. The Balaban J connectivity index is 3.31. The van der Waals surface area contributed by atoms with Gasteiger partial charge in [-0.15, -0.1) is 11.8 Å². The molecule has 0 amide bonds. The molecule has 0 bridgehead atoms. The van der Waals surface area contributed by atoms with Crippen LogP contribution in [0.4, 0.5) is 8.78 Å². The lowest BCUT2D eigenvalue weighted by Crippen LogP contribution is -2.12. The zero-order valence-electron chi connectivity index (χ0n) is 9.91. The van der Waals surface area contributed by atoms with Crippen molar-refractivity contribution < 1.29 is 27.1 Å². The number of carbonyl (C=O) groups is 1. The molecule has 0 unspecified atom stereocenters. The van der Waals surface area contributed by atoms with Crippen LogP contribution in [-0.4, -0.2) is 25.2 Å². The molecule has 1 aromatic rings. The van der Waals surface area contributed by atoms with E-state index < -0.39 is 43.7 Å². The molecule has 0 heterocycles. The van der Waals surface area contributed by atoms with Crippen molar-refractivity contribution in [2.45, 2.75) is 18.2 Å². The summed E-state index contributed by atoms with van der Waals surface area (Å²) in [5, 5.41) is 8.70. The number of hydrogen-bond donors (Lipinski definition) is 1. The molecule has 102 valence electrons. The second-order valence-electron chi connectivity index (χ2n) is 3.57. The number of carboxylic acids is 1. The van der Waals surface area contributed by atoms with Crippen molar-refractivity contribution in [2.24, 2.45) is 0 Å². The van der Waals surface area contributed by atoms with Gasteiger partial charge in [-0.3, -0.25) is 0 Å². The maximum absolute atomic E-state index is 13.5. The Kier molecular flexibility index (Phi) is 4.62. The van der Waals surface area contributed by atoms with E-state index in [9.17, 15) is 22.0 Å². The predicted molar refractivity (Wildman–Crippen MR) is 63.4 cm³/mol. The van der Waals surface area contributed by atoms with E-state index in [1.54, 1.807) is 0 Å². The van der Waals surface area contributed by atoms with Crippen LogP contribution in [0.2, 0.25) is 0 Å². The third kappa shape index (κ3) is 3.51. The molecule has 0 aliphatic carbocycles. The Hall–Kier alpha value is -1.94. The van der Waals surface area contributed by atoms with Crippen LogP contribution in [0.25, 0.3) is 0 Å². The fourth-order valence-electron chi connectivity index (χ4n) is 1.33. The first-order valence-corrected chi connectivity index (χ1v) is 6.79. The van der Waals surface area contributed by atoms with E-state index in [-0.39, 0.29) is 6.42 Å². The molecule has 7 heteroatoms. The van der Waals surface area contributed by atoms with E-state index in [1.165, 1.54) is 6.92 Å². The fourth-order valence-corrected chi connectivity index (χ4v) is 2.60. The van der Waals surface area contributed by atoms with Crippen molar-refractivity contribution >= 4 is 15.8 Å². The number of hydrogen-bond acceptors (Lipinski definition) is 3. The lowest BCUT2D eigenvalue weighted by Gasteiger charge is -2.06. The van der Waals surface area contributed by atoms with Crippen molar-refractivity contribution in [3.8, 4) is 11.8 Å². The lowest BCUT2D eigenvalue weighted by atomic mass is 10.2. The van der Waals surface area contributed by atoms with Crippen LogP contribution in [0.1, 0.15) is 23.7 Å². The van der Waals surface area contributed by atoms with Gasteiger partial charge in [0.2, 0.25) is 0 Å². The summed E-state index contributed by atoms with van der Waals surface area (Å²) in [5.74, 6) is -0.178. The van der Waals surface area contributed by atoms with Crippen molar-refractivity contribution in [1.82, 2.24) is 0 Å². The standard InChI is InChI=1S/C12H10F2O4S/c1-2-3-4-5-19(17,18)10-7-8(12(15)16)6-9(13)11(10)14/h6-7H,4-5H2,1H3,(H,15,16). The molecule has 0 saturated carbocycles. The molecule has 19 heavy (non-hydrogen) atoms. The topological polar surface area (TPSA) is 71.4 Å². The number of sulfone groups is 1. The quantitative estimate of drug-likeness (QED) is 0.858. The van der Waals surface area contributed by atoms with Crippen molar-refractivity contribution in [1.29, 1.82) is 0 Å². The molecule has 1 aromatic carbocycles. The summed E-state index contributed by atoms with van der Waals surface area (Å²) in [4.78, 5) is 9.74. The zero-order valence-corrected chi connectivity index (χ0v) is 10.7. The first kappa shape index (κ1) is 15.1. The summed E-state index contributed by atoms with van der Waals surface area (Å²) in [6.45, 7) is 1.51. The van der Waals surface area contributed by atoms with E-state index in [0.29, 0.717) is 12.1 Å². The van der Waals surface area contributed by atoms with Crippen molar-refractivity contribution in [3.63, 3.8) is 0 Å². The molecule has 4 nitrogen and oxygen atoms in total. The predicted octanol–water partition coefficient (Wildman–Crippen LogP) is 1.85. The van der Waals surface area contributed by atoms with Crippen LogP contribution in [0.15, 0.2) is 17.0 Å². The fraction of sp³-hybridized carbons (Fsp3) is 0.250. The Labute approximate surface area is 109 Å². The molecule has 0 aliphatic heterocycles. The summed E-state index contributed by atoms with van der Waals surface area (Å²) >= 11 is 0. The Morgan fingerprint density at radius 3 is 2.53 bits per heavy atom. The SMILES string of the molecule is CC#CCCS(=O)(=O)c1cc(C(=O)O)cc(F)c1F. The average Bonchev–Trinajstić information content (AvgIpc) is 2.32. The minimum atomic E-state index is -4.12. The van der Waals surface area contributed by atoms with Gasteiger partial charge < -0.3 is 5.11 Å². The van der Waals surface area contributed by atoms with Gasteiger partial charge in [-0.25, -0.2) is 22.0 Å². The van der Waals surface area contributed by atoms with Crippen LogP contribution >= 0.6 is 0 Å². The van der Waals surface area contributed by atoms with Gasteiger partial charge >= 0.3 is 5.97 Å². The van der Waals surface area contributed by atoms with Gasteiger partial charge in [-0.05, 0) is 19.1 Å². The first-order chi connectivity index (χ1) is 8.79. The first-order valence-electron chi connectivity index (χ1n) is 5.14. The molecule has 0 atom stereocenters. The van der Waals surface area contributed by atoms with E-state index in [2.05, 4.69) is 11.8 Å². The molecule has 0 aromatic heterocycles. The summed E-state index contributed by atoms with van der Waals surface area (Å²) in [6, 6.07) is 1.04. The third-order valence-corrected chi connectivity index (χ3v) is 3.96. The molecule has 0 spiro atoms. The van der Waals surface area contributed by atoms with Gasteiger partial charge in [0.25, 0.3) is 0 Å². The number of benzene rings is 1. The van der Waals surface area contributed by atoms with Crippen LogP contribution in [-0.2, 0) is 9.84 Å².